The highest BCUT2D eigenvalue weighted by molar-refractivity contribution is 7.12. The average Bonchev–Trinajstić information content (AvgIpc) is 2.31. The molecule has 0 unspecified atom stereocenters. The molecular weight excluding hydrogens is 161 g/mol. The van der Waals surface area contributed by atoms with Crippen LogP contribution in [0.4, 0.5) is 4.39 Å². The van der Waals surface area contributed by atoms with Crippen molar-refractivity contribution < 1.29 is 4.39 Å². The lowest BCUT2D eigenvalue weighted by Gasteiger charge is -2.33. The highest BCUT2D eigenvalue weighted by Crippen LogP contribution is 2.34. The van der Waals surface area contributed by atoms with Crippen LogP contribution in [0.3, 0.4) is 0 Å². The Morgan fingerprint density at radius 1 is 1.55 bits per heavy atom. The summed E-state index contributed by atoms with van der Waals surface area (Å²) >= 11 is 1.56. The van der Waals surface area contributed by atoms with Crippen LogP contribution >= 0.6 is 11.3 Å². The zero-order valence-corrected chi connectivity index (χ0v) is 7.17. The van der Waals surface area contributed by atoms with Gasteiger partial charge in [0.1, 0.15) is 0 Å². The van der Waals surface area contributed by atoms with Gasteiger partial charge in [-0.2, -0.15) is 0 Å². The molecule has 1 aliphatic heterocycles. The first-order chi connectivity index (χ1) is 5.21. The largest absolute Gasteiger partial charge is 0.309 e. The van der Waals surface area contributed by atoms with E-state index < -0.39 is 5.67 Å². The van der Waals surface area contributed by atoms with Crippen molar-refractivity contribution in [3.05, 3.63) is 21.9 Å². The van der Waals surface area contributed by atoms with Crippen molar-refractivity contribution in [2.24, 2.45) is 0 Å². The van der Waals surface area contributed by atoms with E-state index in [1.54, 1.807) is 11.3 Å². The summed E-state index contributed by atoms with van der Waals surface area (Å²) in [4.78, 5) is 2.05. The van der Waals surface area contributed by atoms with Crippen molar-refractivity contribution in [2.45, 2.75) is 12.6 Å². The minimum Gasteiger partial charge on any atom is -0.309 e. The van der Waals surface area contributed by atoms with Gasteiger partial charge in [-0.25, -0.2) is 4.39 Å². The maximum absolute atomic E-state index is 13.6. The Kier molecular flexibility index (Phi) is 1.51. The molecule has 1 saturated heterocycles. The maximum atomic E-state index is 13.6. The number of thiophene rings is 1. The minimum atomic E-state index is -1.06. The standard InChI is InChI=1S/C8H10FNS/c1-6-2-3-7(11-6)8(9)4-10-5-8/h2-3,10H,4-5H2,1H3. The van der Waals surface area contributed by atoms with Crippen LogP contribution in [0.15, 0.2) is 12.1 Å². The summed E-state index contributed by atoms with van der Waals surface area (Å²) in [6.07, 6.45) is 0. The molecule has 0 radical (unpaired) electrons. The summed E-state index contributed by atoms with van der Waals surface area (Å²) in [6.45, 7) is 2.96. The molecule has 0 atom stereocenters. The van der Waals surface area contributed by atoms with Crippen molar-refractivity contribution >= 4 is 11.3 Å². The average molecular weight is 171 g/mol. The first kappa shape index (κ1) is 7.25. The SMILES string of the molecule is Cc1ccc(C2(F)CNC2)s1. The topological polar surface area (TPSA) is 12.0 Å². The zero-order chi connectivity index (χ0) is 7.90. The molecule has 1 N–H and O–H groups in total. The summed E-state index contributed by atoms with van der Waals surface area (Å²) in [6, 6.07) is 3.86. The third-order valence-corrected chi connectivity index (χ3v) is 3.17. The van der Waals surface area contributed by atoms with Gasteiger partial charge in [-0.3, -0.25) is 0 Å². The molecule has 0 bridgehead atoms. The van der Waals surface area contributed by atoms with Crippen molar-refractivity contribution in [1.82, 2.24) is 5.32 Å². The van der Waals surface area contributed by atoms with E-state index in [1.165, 1.54) is 4.88 Å². The summed E-state index contributed by atoms with van der Waals surface area (Å²) < 4.78 is 13.6. The Balaban J connectivity index is 2.28. The van der Waals surface area contributed by atoms with Crippen LogP contribution in [0.1, 0.15) is 9.75 Å². The lowest BCUT2D eigenvalue weighted by molar-refractivity contribution is 0.0934. The Hall–Kier alpha value is -0.410. The van der Waals surface area contributed by atoms with Crippen LogP contribution in [0.25, 0.3) is 0 Å². The molecule has 1 fully saturated rings. The lowest BCUT2D eigenvalue weighted by Crippen LogP contribution is -2.53. The number of hydrogen-bond acceptors (Lipinski definition) is 2. The molecule has 0 aliphatic carbocycles. The summed E-state index contributed by atoms with van der Waals surface area (Å²) in [5, 5.41) is 2.94. The number of alkyl halides is 1. The van der Waals surface area contributed by atoms with Crippen LogP contribution in [-0.2, 0) is 5.67 Å². The molecule has 1 aliphatic rings. The minimum absolute atomic E-state index is 0.479. The molecule has 0 aromatic carbocycles. The Bertz CT molecular complexity index is 265. The molecule has 1 aromatic heterocycles. The highest BCUT2D eigenvalue weighted by Gasteiger charge is 2.39. The first-order valence-corrected chi connectivity index (χ1v) is 4.49. The summed E-state index contributed by atoms with van der Waals surface area (Å²) in [5.41, 5.74) is -1.06. The molecule has 2 rings (SSSR count). The molecule has 1 nitrogen and oxygen atoms in total. The fourth-order valence-electron chi connectivity index (χ4n) is 1.19. The van der Waals surface area contributed by atoms with E-state index in [4.69, 9.17) is 0 Å². The molecule has 11 heavy (non-hydrogen) atoms. The second-order valence-corrected chi connectivity index (χ2v) is 4.27. The van der Waals surface area contributed by atoms with Gasteiger partial charge < -0.3 is 5.32 Å². The van der Waals surface area contributed by atoms with Gasteiger partial charge in [0.15, 0.2) is 5.67 Å². The van der Waals surface area contributed by atoms with Gasteiger partial charge in [-0.1, -0.05) is 0 Å². The summed E-state index contributed by atoms with van der Waals surface area (Å²) in [7, 11) is 0. The predicted octanol–water partition coefficient (Wildman–Crippen LogP) is 1.82. The van der Waals surface area contributed by atoms with E-state index in [1.807, 2.05) is 19.1 Å². The van der Waals surface area contributed by atoms with E-state index >= 15 is 0 Å². The van der Waals surface area contributed by atoms with Crippen molar-refractivity contribution in [1.29, 1.82) is 0 Å². The van der Waals surface area contributed by atoms with Crippen LogP contribution in [0.5, 0.6) is 0 Å². The molecular formula is C8H10FNS. The normalized spacial score (nSPS) is 21.3. The van der Waals surface area contributed by atoms with Crippen molar-refractivity contribution in [3.63, 3.8) is 0 Å². The van der Waals surface area contributed by atoms with Gasteiger partial charge in [0.25, 0.3) is 0 Å². The third kappa shape index (κ3) is 1.08. The first-order valence-electron chi connectivity index (χ1n) is 3.67. The van der Waals surface area contributed by atoms with Gasteiger partial charge in [0.2, 0.25) is 0 Å². The highest BCUT2D eigenvalue weighted by atomic mass is 32.1. The molecule has 3 heteroatoms. The zero-order valence-electron chi connectivity index (χ0n) is 6.36. The van der Waals surface area contributed by atoms with Crippen LogP contribution in [0.2, 0.25) is 0 Å². The molecule has 0 spiro atoms. The number of nitrogens with one attached hydrogen (secondary N) is 1. The van der Waals surface area contributed by atoms with E-state index in [0.29, 0.717) is 13.1 Å². The van der Waals surface area contributed by atoms with E-state index in [2.05, 4.69) is 5.32 Å². The second kappa shape index (κ2) is 2.29. The van der Waals surface area contributed by atoms with Gasteiger partial charge >= 0.3 is 0 Å². The Morgan fingerprint density at radius 2 is 2.27 bits per heavy atom. The summed E-state index contributed by atoms with van der Waals surface area (Å²) in [5.74, 6) is 0. The monoisotopic (exact) mass is 171 g/mol. The van der Waals surface area contributed by atoms with E-state index in [0.717, 1.165) is 4.88 Å². The van der Waals surface area contributed by atoms with Gasteiger partial charge in [-0.15, -0.1) is 11.3 Å². The maximum Gasteiger partial charge on any atom is 0.169 e. The molecule has 0 amide bonds. The van der Waals surface area contributed by atoms with Crippen LogP contribution in [-0.4, -0.2) is 13.1 Å². The number of rotatable bonds is 1. The number of hydrogen-bond donors (Lipinski definition) is 1. The smallest absolute Gasteiger partial charge is 0.169 e. The van der Waals surface area contributed by atoms with Gasteiger partial charge in [-0.05, 0) is 19.1 Å². The van der Waals surface area contributed by atoms with Crippen LogP contribution in [0, 0.1) is 6.92 Å². The molecule has 60 valence electrons. The fraction of sp³-hybridized carbons (Fsp3) is 0.500. The lowest BCUT2D eigenvalue weighted by atomic mass is 9.98. The number of halogens is 1. The quantitative estimate of drug-likeness (QED) is 0.679. The predicted molar refractivity (Wildman–Crippen MR) is 44.7 cm³/mol. The Morgan fingerprint density at radius 3 is 2.64 bits per heavy atom. The van der Waals surface area contributed by atoms with E-state index in [-0.39, 0.29) is 0 Å². The van der Waals surface area contributed by atoms with E-state index in [9.17, 15) is 4.39 Å². The third-order valence-electron chi connectivity index (χ3n) is 1.99. The van der Waals surface area contributed by atoms with Gasteiger partial charge in [0.05, 0.1) is 0 Å². The fourth-order valence-corrected chi connectivity index (χ4v) is 2.14. The molecule has 0 saturated carbocycles. The van der Waals surface area contributed by atoms with Crippen molar-refractivity contribution in [3.8, 4) is 0 Å². The molecule has 1 aromatic rings. The second-order valence-electron chi connectivity index (χ2n) is 2.98. The van der Waals surface area contributed by atoms with Gasteiger partial charge in [0, 0.05) is 22.8 Å². The Labute approximate surface area is 69.2 Å². The molecule has 2 heterocycles. The number of aryl methyl sites for hydroxylation is 1. The van der Waals surface area contributed by atoms with Crippen LogP contribution < -0.4 is 5.32 Å². The van der Waals surface area contributed by atoms with Crippen molar-refractivity contribution in [2.75, 3.05) is 13.1 Å².